The highest BCUT2D eigenvalue weighted by atomic mass is 16.5. The van der Waals surface area contributed by atoms with Gasteiger partial charge in [0.1, 0.15) is 6.54 Å². The Morgan fingerprint density at radius 2 is 1.44 bits per heavy atom. The highest BCUT2D eigenvalue weighted by Crippen LogP contribution is 2.27. The van der Waals surface area contributed by atoms with Crippen LogP contribution in [0.15, 0.2) is 125 Å². The molecule has 0 spiro atoms. The lowest BCUT2D eigenvalue weighted by Gasteiger charge is -2.21. The van der Waals surface area contributed by atoms with Gasteiger partial charge >= 0.3 is 5.97 Å². The summed E-state index contributed by atoms with van der Waals surface area (Å²) in [7, 11) is 0. The summed E-state index contributed by atoms with van der Waals surface area (Å²) in [4.78, 5) is 43.6. The van der Waals surface area contributed by atoms with E-state index >= 15 is 0 Å². The lowest BCUT2D eigenvalue weighted by molar-refractivity contribution is -0.137. The van der Waals surface area contributed by atoms with Crippen LogP contribution >= 0.6 is 0 Å². The molecule has 2 N–H and O–H groups in total. The molecule has 9 nitrogen and oxygen atoms in total. The van der Waals surface area contributed by atoms with Crippen molar-refractivity contribution in [2.75, 3.05) is 11.9 Å². The highest BCUT2D eigenvalue weighted by molar-refractivity contribution is 5.97. The Hall–Kier alpha value is -6.09. The van der Waals surface area contributed by atoms with Gasteiger partial charge in [0.2, 0.25) is 11.7 Å². The maximum absolute atomic E-state index is 13.4. The van der Waals surface area contributed by atoms with E-state index in [2.05, 4.69) is 46.6 Å². The van der Waals surface area contributed by atoms with E-state index < -0.39 is 18.4 Å². The zero-order chi connectivity index (χ0) is 35.6. The second-order valence-electron chi connectivity index (χ2n) is 12.1. The smallest absolute Gasteiger partial charge is 0.323 e. The Morgan fingerprint density at radius 3 is 2.04 bits per heavy atom. The van der Waals surface area contributed by atoms with E-state index in [1.165, 1.54) is 10.5 Å². The van der Waals surface area contributed by atoms with Crippen LogP contribution in [0.4, 0.5) is 5.69 Å². The summed E-state index contributed by atoms with van der Waals surface area (Å²) in [5.41, 5.74) is 8.64. The molecule has 1 heterocycles. The van der Waals surface area contributed by atoms with Crippen LogP contribution < -0.4 is 5.32 Å². The summed E-state index contributed by atoms with van der Waals surface area (Å²) < 4.78 is 5.55. The van der Waals surface area contributed by atoms with Gasteiger partial charge in [-0.2, -0.15) is 4.98 Å². The number of hydrogen-bond donors (Lipinski definition) is 2. The van der Waals surface area contributed by atoms with Gasteiger partial charge in [0.05, 0.1) is 6.42 Å². The zero-order valence-electron chi connectivity index (χ0n) is 28.6. The Balaban J connectivity index is 1.23. The predicted molar refractivity (Wildman–Crippen MR) is 195 cm³/mol. The number of amides is 2. The first-order valence-corrected chi connectivity index (χ1v) is 16.5. The number of aliphatic carboxylic acids is 1. The van der Waals surface area contributed by atoms with Gasteiger partial charge in [-0.25, -0.2) is 0 Å². The summed E-state index contributed by atoms with van der Waals surface area (Å²) >= 11 is 0. The van der Waals surface area contributed by atoms with Gasteiger partial charge in [-0.3, -0.25) is 14.4 Å². The minimum Gasteiger partial charge on any atom is -0.480 e. The van der Waals surface area contributed by atoms with Crippen LogP contribution in [0.1, 0.15) is 55.1 Å². The van der Waals surface area contributed by atoms with E-state index in [9.17, 15) is 19.5 Å². The second kappa shape index (κ2) is 16.3. The van der Waals surface area contributed by atoms with Crippen molar-refractivity contribution in [3.05, 3.63) is 137 Å². The van der Waals surface area contributed by atoms with Crippen molar-refractivity contribution < 1.29 is 24.0 Å². The Labute approximate surface area is 292 Å². The third-order valence-corrected chi connectivity index (χ3v) is 8.35. The van der Waals surface area contributed by atoms with E-state index in [1.54, 1.807) is 36.4 Å². The topological polar surface area (TPSA) is 126 Å². The first-order chi connectivity index (χ1) is 24.1. The van der Waals surface area contributed by atoms with Gasteiger partial charge in [0, 0.05) is 28.9 Å². The molecule has 0 unspecified atom stereocenters. The fourth-order valence-corrected chi connectivity index (χ4v) is 5.39. The Kier molecular flexibility index (Phi) is 11.5. The van der Waals surface area contributed by atoms with Crippen LogP contribution in [0.3, 0.4) is 0 Å². The molecule has 2 amide bonds. The molecular formula is C41H40N4O5. The van der Waals surface area contributed by atoms with E-state index in [4.69, 9.17) is 4.52 Å². The third kappa shape index (κ3) is 9.08. The van der Waals surface area contributed by atoms with Crippen LogP contribution in [0.25, 0.3) is 34.0 Å². The molecular weight excluding hydrogens is 628 g/mol. The summed E-state index contributed by atoms with van der Waals surface area (Å²) in [5.74, 6) is -0.926. The van der Waals surface area contributed by atoms with Gasteiger partial charge in [-0.05, 0) is 85.9 Å². The summed E-state index contributed by atoms with van der Waals surface area (Å²) in [5, 5.41) is 16.6. The number of nitrogens with one attached hydrogen (secondary N) is 1. The SMILES string of the molecule is C/C=C\C(CC(=O)Nc1ccc(C(=O)N(CC(=O)O)Cc2ccc(-c3noc(-c4ccc(-c5ccc(C)cc5)cc4)n3)cc2)cc1)=C(\C)CC. The molecule has 5 rings (SSSR count). The molecule has 254 valence electrons. The number of carboxylic acids is 1. The van der Waals surface area contributed by atoms with Crippen molar-refractivity contribution in [3.8, 4) is 34.0 Å². The number of benzene rings is 4. The summed E-state index contributed by atoms with van der Waals surface area (Å²) in [6, 6.07) is 29.9. The molecule has 5 aromatic rings. The van der Waals surface area contributed by atoms with Crippen molar-refractivity contribution in [2.45, 2.75) is 47.1 Å². The van der Waals surface area contributed by atoms with Crippen LogP contribution in [0.2, 0.25) is 0 Å². The molecule has 50 heavy (non-hydrogen) atoms. The molecule has 0 aliphatic carbocycles. The molecule has 1 aromatic heterocycles. The fraction of sp³-hybridized carbons (Fsp3) is 0.195. The van der Waals surface area contributed by atoms with Gasteiger partial charge in [-0.15, -0.1) is 0 Å². The number of rotatable bonds is 13. The zero-order valence-corrected chi connectivity index (χ0v) is 28.6. The Morgan fingerprint density at radius 1 is 0.840 bits per heavy atom. The van der Waals surface area contributed by atoms with Gasteiger partial charge in [0.25, 0.3) is 11.8 Å². The van der Waals surface area contributed by atoms with Crippen LogP contribution in [0.5, 0.6) is 0 Å². The molecule has 0 aliphatic heterocycles. The number of nitrogens with zero attached hydrogens (tertiary/aromatic N) is 3. The van der Waals surface area contributed by atoms with Gasteiger partial charge in [0.15, 0.2) is 0 Å². The molecule has 4 aromatic carbocycles. The minimum atomic E-state index is -1.13. The number of hydrogen-bond acceptors (Lipinski definition) is 6. The minimum absolute atomic E-state index is 0.0750. The maximum atomic E-state index is 13.4. The number of aromatic nitrogens is 2. The van der Waals surface area contributed by atoms with Crippen LogP contribution in [0, 0.1) is 6.92 Å². The average Bonchev–Trinajstić information content (AvgIpc) is 3.62. The third-order valence-electron chi connectivity index (χ3n) is 8.35. The number of anilines is 1. The lowest BCUT2D eigenvalue weighted by atomic mass is 10.0. The first kappa shape index (κ1) is 35.2. The van der Waals surface area contributed by atoms with Crippen molar-refractivity contribution in [3.63, 3.8) is 0 Å². The number of carbonyl (C=O) groups is 3. The molecule has 0 aliphatic rings. The van der Waals surface area contributed by atoms with Crippen molar-refractivity contribution in [2.24, 2.45) is 0 Å². The lowest BCUT2D eigenvalue weighted by Crippen LogP contribution is -2.35. The number of allylic oxidation sites excluding steroid dienone is 3. The molecule has 0 atom stereocenters. The number of carboxylic acid groups (broad SMARTS) is 1. The van der Waals surface area contributed by atoms with Crippen molar-refractivity contribution in [1.82, 2.24) is 15.0 Å². The Bertz CT molecular complexity index is 2010. The summed E-state index contributed by atoms with van der Waals surface area (Å²) in [6.45, 7) is 7.63. The highest BCUT2D eigenvalue weighted by Gasteiger charge is 2.20. The standard InChI is InChI=1S/C41H40N4O5/c1-5-7-35(28(4)6-2)24-37(46)42-36-22-20-34(21-23-36)41(49)45(26-38(47)48)25-29-10-14-32(15-11-29)39-43-40(50-44-39)33-18-16-31(17-19-33)30-12-8-27(3)9-13-30/h5,7-23H,6,24-26H2,1-4H3,(H,42,46)(H,47,48)/b7-5-,35-28+. The van der Waals surface area contributed by atoms with E-state index in [0.717, 1.165) is 39.8 Å². The van der Waals surface area contributed by atoms with E-state index in [1.807, 2.05) is 69.3 Å². The number of carbonyl (C=O) groups excluding carboxylic acids is 2. The molecule has 0 fully saturated rings. The second-order valence-corrected chi connectivity index (χ2v) is 12.1. The first-order valence-electron chi connectivity index (χ1n) is 16.5. The van der Waals surface area contributed by atoms with Gasteiger partial charge < -0.3 is 19.8 Å². The summed E-state index contributed by atoms with van der Waals surface area (Å²) in [6.07, 6.45) is 4.95. The quantitative estimate of drug-likeness (QED) is 0.120. The van der Waals surface area contributed by atoms with Crippen LogP contribution in [-0.4, -0.2) is 44.5 Å². The largest absolute Gasteiger partial charge is 0.480 e. The molecule has 0 saturated heterocycles. The number of aryl methyl sites for hydroxylation is 1. The van der Waals surface area contributed by atoms with Crippen LogP contribution in [-0.2, 0) is 16.1 Å². The monoisotopic (exact) mass is 668 g/mol. The van der Waals surface area contributed by atoms with Crippen molar-refractivity contribution >= 4 is 23.5 Å². The fourth-order valence-electron chi connectivity index (χ4n) is 5.39. The predicted octanol–water partition coefficient (Wildman–Crippen LogP) is 8.74. The molecule has 0 saturated carbocycles. The average molecular weight is 669 g/mol. The van der Waals surface area contributed by atoms with Gasteiger partial charge in [-0.1, -0.05) is 96.0 Å². The van der Waals surface area contributed by atoms with E-state index in [0.29, 0.717) is 28.5 Å². The van der Waals surface area contributed by atoms with E-state index in [-0.39, 0.29) is 18.9 Å². The van der Waals surface area contributed by atoms with Crippen molar-refractivity contribution in [1.29, 1.82) is 0 Å². The normalized spacial score (nSPS) is 11.7. The molecule has 9 heteroatoms. The maximum Gasteiger partial charge on any atom is 0.323 e. The molecule has 0 radical (unpaired) electrons. The molecule has 0 bridgehead atoms.